The molecule has 0 saturated carbocycles. The summed E-state index contributed by atoms with van der Waals surface area (Å²) in [6.45, 7) is 2.84. The minimum absolute atomic E-state index is 0.179. The number of esters is 1. The average molecular weight is 414 g/mol. The fourth-order valence-electron chi connectivity index (χ4n) is 2.80. The van der Waals surface area contributed by atoms with Crippen LogP contribution < -0.4 is 5.32 Å². The van der Waals surface area contributed by atoms with Gasteiger partial charge in [0.05, 0.1) is 24.9 Å². The monoisotopic (exact) mass is 413 g/mol. The van der Waals surface area contributed by atoms with Crippen LogP contribution >= 0.6 is 15.9 Å². The van der Waals surface area contributed by atoms with Crippen LogP contribution in [0.3, 0.4) is 0 Å². The van der Waals surface area contributed by atoms with Gasteiger partial charge in [0, 0.05) is 35.2 Å². The molecule has 0 fully saturated rings. The van der Waals surface area contributed by atoms with Gasteiger partial charge in [0.15, 0.2) is 0 Å². The molecule has 6 heteroatoms. The van der Waals surface area contributed by atoms with E-state index in [4.69, 9.17) is 0 Å². The number of pyridine rings is 2. The number of rotatable bonds is 6. The van der Waals surface area contributed by atoms with Crippen LogP contribution in [0.1, 0.15) is 22.4 Å². The first-order valence-electron chi connectivity index (χ1n) is 8.32. The summed E-state index contributed by atoms with van der Waals surface area (Å²) in [5.41, 5.74) is 5.32. The minimum atomic E-state index is -0.283. The van der Waals surface area contributed by atoms with Crippen molar-refractivity contribution in [3.8, 4) is 0 Å². The molecule has 1 N–H and O–H groups in total. The molecule has 3 rings (SSSR count). The van der Waals surface area contributed by atoms with E-state index in [0.29, 0.717) is 6.54 Å². The molecule has 0 aliphatic heterocycles. The van der Waals surface area contributed by atoms with E-state index in [1.807, 2.05) is 30.6 Å². The Bertz CT molecular complexity index is 943. The highest BCUT2D eigenvalue weighted by Crippen LogP contribution is 2.24. The largest absolute Gasteiger partial charge is 0.468 e. The zero-order chi connectivity index (χ0) is 18.5. The summed E-state index contributed by atoms with van der Waals surface area (Å²) in [6.07, 6.45) is 4.37. The maximum absolute atomic E-state index is 11.2. The van der Waals surface area contributed by atoms with Gasteiger partial charge >= 0.3 is 5.97 Å². The topological polar surface area (TPSA) is 64.1 Å². The summed E-state index contributed by atoms with van der Waals surface area (Å²) in [5.74, 6) is -0.283. The van der Waals surface area contributed by atoms with Crippen LogP contribution in [0.25, 0.3) is 10.9 Å². The molecular weight excluding hydrogens is 394 g/mol. The second-order valence-corrected chi connectivity index (χ2v) is 6.91. The number of carbonyl (C=O) groups is 1. The summed E-state index contributed by atoms with van der Waals surface area (Å²) in [6, 6.07) is 10.2. The molecular formula is C20H20BrN3O2. The summed E-state index contributed by atoms with van der Waals surface area (Å²) >= 11 is 3.58. The number of ether oxygens (including phenoxy) is 1. The molecule has 26 heavy (non-hydrogen) atoms. The Hall–Kier alpha value is -2.31. The number of aromatic nitrogens is 2. The van der Waals surface area contributed by atoms with Crippen molar-refractivity contribution in [2.75, 3.05) is 13.7 Å². The lowest BCUT2D eigenvalue weighted by atomic mass is 10.0. The maximum Gasteiger partial charge on any atom is 0.319 e. The lowest BCUT2D eigenvalue weighted by Gasteiger charge is -2.10. The summed E-state index contributed by atoms with van der Waals surface area (Å²) in [7, 11) is 1.38. The number of halogens is 1. The molecule has 0 atom stereocenters. The van der Waals surface area contributed by atoms with Crippen molar-refractivity contribution in [3.05, 3.63) is 69.6 Å². The van der Waals surface area contributed by atoms with Crippen LogP contribution in [0.5, 0.6) is 0 Å². The quantitative estimate of drug-likeness (QED) is 0.625. The fourth-order valence-corrected chi connectivity index (χ4v) is 3.20. The Morgan fingerprint density at radius 2 is 2.12 bits per heavy atom. The average Bonchev–Trinajstić information content (AvgIpc) is 2.65. The minimum Gasteiger partial charge on any atom is -0.468 e. The Balaban J connectivity index is 1.82. The van der Waals surface area contributed by atoms with Crippen LogP contribution in [0.15, 0.2) is 47.2 Å². The number of nitrogens with zero attached hydrogens (tertiary/aromatic N) is 2. The molecule has 134 valence electrons. The van der Waals surface area contributed by atoms with Gasteiger partial charge in [0.1, 0.15) is 0 Å². The third kappa shape index (κ3) is 4.26. The van der Waals surface area contributed by atoms with Gasteiger partial charge in [-0.25, -0.2) is 0 Å². The first kappa shape index (κ1) is 18.5. The Morgan fingerprint density at radius 3 is 2.92 bits per heavy atom. The zero-order valence-corrected chi connectivity index (χ0v) is 16.3. The normalized spacial score (nSPS) is 10.9. The first-order valence-corrected chi connectivity index (χ1v) is 9.12. The third-order valence-corrected chi connectivity index (χ3v) is 5.15. The van der Waals surface area contributed by atoms with E-state index in [0.717, 1.165) is 33.1 Å². The van der Waals surface area contributed by atoms with Gasteiger partial charge in [-0.2, -0.15) is 0 Å². The van der Waals surface area contributed by atoms with Gasteiger partial charge < -0.3 is 10.1 Å². The number of carbonyl (C=O) groups excluding carboxylic acids is 1. The van der Waals surface area contributed by atoms with E-state index >= 15 is 0 Å². The Morgan fingerprint density at radius 1 is 1.27 bits per heavy atom. The highest BCUT2D eigenvalue weighted by molar-refractivity contribution is 9.10. The molecule has 2 aromatic heterocycles. The molecule has 0 spiro atoms. The van der Waals surface area contributed by atoms with E-state index in [2.05, 4.69) is 55.0 Å². The molecule has 0 saturated heterocycles. The molecule has 0 bridgehead atoms. The summed E-state index contributed by atoms with van der Waals surface area (Å²) in [4.78, 5) is 20.3. The van der Waals surface area contributed by atoms with Crippen LogP contribution in [-0.2, 0) is 22.5 Å². The highest BCUT2D eigenvalue weighted by atomic mass is 79.9. The van der Waals surface area contributed by atoms with Gasteiger partial charge in [-0.3, -0.25) is 14.8 Å². The van der Waals surface area contributed by atoms with Crippen LogP contribution in [0, 0.1) is 6.92 Å². The van der Waals surface area contributed by atoms with E-state index in [1.54, 1.807) is 0 Å². The van der Waals surface area contributed by atoms with Crippen molar-refractivity contribution < 1.29 is 9.53 Å². The van der Waals surface area contributed by atoms with Crippen molar-refractivity contribution >= 4 is 32.8 Å². The van der Waals surface area contributed by atoms with Crippen LogP contribution in [0.4, 0.5) is 0 Å². The Labute approximate surface area is 160 Å². The molecule has 2 heterocycles. The third-order valence-electron chi connectivity index (χ3n) is 4.30. The Kier molecular flexibility index (Phi) is 5.96. The molecule has 0 unspecified atom stereocenters. The second-order valence-electron chi connectivity index (χ2n) is 6.05. The lowest BCUT2D eigenvalue weighted by Crippen LogP contribution is -2.23. The molecule has 0 amide bonds. The molecule has 0 aliphatic carbocycles. The standard InChI is InChI=1S/C20H20BrN3O2/c1-13-15(4-3-5-17(13)21)9-18-20-16(6-7-23-18)8-14(11-24-20)10-22-12-19(25)26-2/h3-8,11,22H,9-10,12H2,1-2H3. The van der Waals surface area contributed by atoms with Crippen molar-refractivity contribution in [1.29, 1.82) is 0 Å². The van der Waals surface area contributed by atoms with Gasteiger partial charge in [-0.15, -0.1) is 0 Å². The van der Waals surface area contributed by atoms with E-state index in [9.17, 15) is 4.79 Å². The number of nitrogens with one attached hydrogen (secondary N) is 1. The molecule has 5 nitrogen and oxygen atoms in total. The second kappa shape index (κ2) is 8.38. The molecule has 3 aromatic rings. The van der Waals surface area contributed by atoms with E-state index < -0.39 is 0 Å². The lowest BCUT2D eigenvalue weighted by molar-refractivity contribution is -0.139. The smallest absolute Gasteiger partial charge is 0.319 e. The maximum atomic E-state index is 11.2. The number of hydrogen-bond donors (Lipinski definition) is 1. The van der Waals surface area contributed by atoms with Gasteiger partial charge in [0.2, 0.25) is 0 Å². The first-order chi connectivity index (χ1) is 12.6. The van der Waals surface area contributed by atoms with E-state index in [-0.39, 0.29) is 12.5 Å². The highest BCUT2D eigenvalue weighted by Gasteiger charge is 2.09. The molecule has 0 radical (unpaired) electrons. The number of fused-ring (bicyclic) bond motifs is 1. The van der Waals surface area contributed by atoms with Gasteiger partial charge in [0.25, 0.3) is 0 Å². The molecule has 1 aromatic carbocycles. The zero-order valence-electron chi connectivity index (χ0n) is 14.8. The number of benzene rings is 1. The predicted molar refractivity (Wildman–Crippen MR) is 105 cm³/mol. The van der Waals surface area contributed by atoms with Crippen molar-refractivity contribution in [1.82, 2.24) is 15.3 Å². The van der Waals surface area contributed by atoms with Crippen molar-refractivity contribution in [2.24, 2.45) is 0 Å². The SMILES string of the molecule is COC(=O)CNCc1cnc2c(Cc3cccc(Br)c3C)nccc2c1. The number of methoxy groups -OCH3 is 1. The predicted octanol–water partition coefficient (Wildman–Crippen LogP) is 3.55. The van der Waals surface area contributed by atoms with Crippen LogP contribution in [0.2, 0.25) is 0 Å². The van der Waals surface area contributed by atoms with E-state index in [1.165, 1.54) is 18.2 Å². The number of hydrogen-bond acceptors (Lipinski definition) is 5. The molecule has 0 aliphatic rings. The fraction of sp³-hybridized carbons (Fsp3) is 0.250. The van der Waals surface area contributed by atoms with Crippen molar-refractivity contribution in [3.63, 3.8) is 0 Å². The summed E-state index contributed by atoms with van der Waals surface area (Å²) in [5, 5.41) is 4.09. The van der Waals surface area contributed by atoms with Gasteiger partial charge in [-0.05, 0) is 41.8 Å². The summed E-state index contributed by atoms with van der Waals surface area (Å²) < 4.78 is 5.72. The van der Waals surface area contributed by atoms with Gasteiger partial charge in [-0.1, -0.05) is 28.1 Å². The van der Waals surface area contributed by atoms with Crippen LogP contribution in [-0.4, -0.2) is 29.6 Å². The van der Waals surface area contributed by atoms with Crippen molar-refractivity contribution in [2.45, 2.75) is 19.9 Å².